The van der Waals surface area contributed by atoms with Crippen molar-refractivity contribution in [1.82, 2.24) is 19.8 Å². The Labute approximate surface area is 204 Å². The molecule has 7 nitrogen and oxygen atoms in total. The van der Waals surface area contributed by atoms with Gasteiger partial charge in [-0.3, -0.25) is 24.0 Å². The first-order valence-electron chi connectivity index (χ1n) is 13.0. The molecule has 188 valence electrons. The second-order valence-electron chi connectivity index (χ2n) is 10.5. The number of aromatic nitrogens is 2. The Hall–Kier alpha value is -2.74. The van der Waals surface area contributed by atoms with Crippen molar-refractivity contribution in [2.75, 3.05) is 13.1 Å². The number of carbonyl (C=O) groups is 2. The van der Waals surface area contributed by atoms with E-state index in [9.17, 15) is 14.4 Å². The predicted molar refractivity (Wildman–Crippen MR) is 133 cm³/mol. The van der Waals surface area contributed by atoms with Crippen molar-refractivity contribution in [2.24, 2.45) is 7.05 Å². The Morgan fingerprint density at radius 2 is 1.89 bits per heavy atom. The number of para-hydroxylation sites is 1. The molecule has 2 amide bonds. The maximum Gasteiger partial charge on any atom is 0.329 e. The van der Waals surface area contributed by atoms with Crippen LogP contribution in [0.2, 0.25) is 0 Å². The molecule has 1 aromatic carbocycles. The second kappa shape index (κ2) is 9.72. The van der Waals surface area contributed by atoms with Crippen molar-refractivity contribution in [3.05, 3.63) is 45.9 Å². The van der Waals surface area contributed by atoms with Crippen LogP contribution >= 0.6 is 0 Å². The summed E-state index contributed by atoms with van der Waals surface area (Å²) in [5.74, 6) is -0.418. The number of aryl methyl sites for hydroxylation is 1. The molecule has 2 unspecified atom stereocenters. The molecule has 8 heteroatoms. The number of imidazole rings is 1. The molecule has 3 aliphatic rings. The summed E-state index contributed by atoms with van der Waals surface area (Å²) in [5, 5.41) is 5.62. The molecular formula is C27H35FN4O3. The summed E-state index contributed by atoms with van der Waals surface area (Å²) in [6.07, 6.45) is 9.31. The Bertz CT molecular complexity index is 1220. The van der Waals surface area contributed by atoms with Crippen LogP contribution in [0.1, 0.15) is 81.7 Å². The molecule has 2 aromatic rings. The fraction of sp³-hybridized carbons (Fsp3) is 0.593. The quantitative estimate of drug-likeness (QED) is 0.502. The number of allylic oxidation sites excluding steroid dienone is 2. The lowest BCUT2D eigenvalue weighted by molar-refractivity contribution is -0.135. The fourth-order valence-electron chi connectivity index (χ4n) is 6.17. The first-order valence-corrected chi connectivity index (χ1v) is 13.0. The van der Waals surface area contributed by atoms with Gasteiger partial charge in [0.1, 0.15) is 11.7 Å². The van der Waals surface area contributed by atoms with E-state index in [1.165, 1.54) is 5.57 Å². The molecule has 0 saturated carbocycles. The Balaban J connectivity index is 1.36. The van der Waals surface area contributed by atoms with Gasteiger partial charge >= 0.3 is 5.69 Å². The highest BCUT2D eigenvalue weighted by atomic mass is 19.1. The largest absolute Gasteiger partial charge is 0.329 e. The number of halogens is 1. The van der Waals surface area contributed by atoms with E-state index in [1.807, 2.05) is 12.1 Å². The first kappa shape index (κ1) is 24.0. The van der Waals surface area contributed by atoms with Gasteiger partial charge in [0, 0.05) is 13.5 Å². The summed E-state index contributed by atoms with van der Waals surface area (Å²) in [7, 11) is 1.76. The van der Waals surface area contributed by atoms with Crippen LogP contribution in [-0.2, 0) is 16.6 Å². The number of amides is 2. The number of piperidine rings is 2. The van der Waals surface area contributed by atoms with Crippen LogP contribution in [0.5, 0.6) is 0 Å². The van der Waals surface area contributed by atoms with E-state index in [2.05, 4.69) is 22.8 Å². The Kier molecular flexibility index (Phi) is 6.66. The van der Waals surface area contributed by atoms with Gasteiger partial charge in [0.05, 0.1) is 11.0 Å². The van der Waals surface area contributed by atoms with Crippen LogP contribution in [0.15, 0.2) is 34.6 Å². The number of benzene rings is 1. The summed E-state index contributed by atoms with van der Waals surface area (Å²) in [6, 6.07) is 5.27. The highest BCUT2D eigenvalue weighted by Crippen LogP contribution is 2.38. The summed E-state index contributed by atoms with van der Waals surface area (Å²) in [6.45, 7) is 1.53. The molecule has 0 radical (unpaired) electrons. The number of fused-ring (bicyclic) bond motifs is 1. The Morgan fingerprint density at radius 1 is 1.09 bits per heavy atom. The zero-order valence-electron chi connectivity index (χ0n) is 20.4. The maximum absolute atomic E-state index is 15.1. The van der Waals surface area contributed by atoms with Crippen LogP contribution in [0.3, 0.4) is 0 Å². The molecule has 2 saturated heterocycles. The van der Waals surface area contributed by atoms with Crippen molar-refractivity contribution in [2.45, 2.75) is 81.8 Å². The first-order chi connectivity index (χ1) is 16.9. The third-order valence-electron chi connectivity index (χ3n) is 8.25. The standard InChI is InChI=1S/C27H35FN4O3/c1-31-24-20(6-3-7-21(24)32(26(31)35)22-10-11-23(33)30-25(22)34)19-5-2-4-18(8-9-19)12-13-27(28)14-16-29-17-15-27/h3-4,6-7,19,22,29H,2,5,8-17H2,1H3,(H,30,33,34). The molecule has 2 aliphatic heterocycles. The van der Waals surface area contributed by atoms with Gasteiger partial charge in [-0.2, -0.15) is 0 Å². The van der Waals surface area contributed by atoms with E-state index in [0.717, 1.165) is 61.8 Å². The van der Waals surface area contributed by atoms with Crippen LogP contribution in [0.25, 0.3) is 11.0 Å². The number of alkyl halides is 1. The van der Waals surface area contributed by atoms with E-state index in [4.69, 9.17) is 0 Å². The molecule has 0 bridgehead atoms. The van der Waals surface area contributed by atoms with Crippen molar-refractivity contribution < 1.29 is 14.0 Å². The van der Waals surface area contributed by atoms with Gasteiger partial charge in [-0.15, -0.1) is 0 Å². The fourth-order valence-corrected chi connectivity index (χ4v) is 6.17. The second-order valence-corrected chi connectivity index (χ2v) is 10.5. The topological polar surface area (TPSA) is 85.1 Å². The highest BCUT2D eigenvalue weighted by molar-refractivity contribution is 6.00. The van der Waals surface area contributed by atoms with E-state index < -0.39 is 17.6 Å². The van der Waals surface area contributed by atoms with Crippen LogP contribution in [0.4, 0.5) is 4.39 Å². The van der Waals surface area contributed by atoms with Gasteiger partial charge in [0.2, 0.25) is 11.8 Å². The van der Waals surface area contributed by atoms with Crippen molar-refractivity contribution >= 4 is 22.8 Å². The molecule has 5 rings (SSSR count). The summed E-state index contributed by atoms with van der Waals surface area (Å²) in [5.41, 5.74) is 2.82. The maximum atomic E-state index is 15.1. The number of nitrogens with one attached hydrogen (secondary N) is 2. The van der Waals surface area contributed by atoms with E-state index >= 15 is 4.39 Å². The van der Waals surface area contributed by atoms with Gasteiger partial charge < -0.3 is 5.32 Å². The Morgan fingerprint density at radius 3 is 2.66 bits per heavy atom. The van der Waals surface area contributed by atoms with Crippen molar-refractivity contribution in [1.29, 1.82) is 0 Å². The van der Waals surface area contributed by atoms with Gasteiger partial charge in [-0.1, -0.05) is 23.8 Å². The number of hydrogen-bond donors (Lipinski definition) is 2. The molecule has 2 N–H and O–H groups in total. The van der Waals surface area contributed by atoms with Gasteiger partial charge in [-0.25, -0.2) is 9.18 Å². The normalized spacial score (nSPS) is 25.3. The van der Waals surface area contributed by atoms with Gasteiger partial charge in [0.25, 0.3) is 0 Å². The highest BCUT2D eigenvalue weighted by Gasteiger charge is 2.33. The van der Waals surface area contributed by atoms with Crippen molar-refractivity contribution in [3.8, 4) is 0 Å². The molecule has 0 spiro atoms. The predicted octanol–water partition coefficient (Wildman–Crippen LogP) is 3.77. The molecule has 2 fully saturated rings. The average molecular weight is 483 g/mol. The van der Waals surface area contributed by atoms with Gasteiger partial charge in [-0.05, 0) is 88.4 Å². The zero-order valence-corrected chi connectivity index (χ0v) is 20.4. The molecule has 35 heavy (non-hydrogen) atoms. The van der Waals surface area contributed by atoms with E-state index in [0.29, 0.717) is 25.7 Å². The minimum absolute atomic E-state index is 0.229. The van der Waals surface area contributed by atoms with Crippen LogP contribution < -0.4 is 16.3 Å². The molecule has 3 heterocycles. The number of imide groups is 1. The SMILES string of the molecule is Cn1c(=O)n(C2CCC(=O)NC2=O)c2cccc(C3CCC=C(CCC4(F)CCNCC4)CC3)c21. The number of rotatable bonds is 5. The minimum atomic E-state index is -1.04. The monoisotopic (exact) mass is 482 g/mol. The summed E-state index contributed by atoms with van der Waals surface area (Å²) < 4.78 is 18.3. The number of carbonyl (C=O) groups excluding carboxylic acids is 2. The lowest BCUT2D eigenvalue weighted by Crippen LogP contribution is -2.44. The average Bonchev–Trinajstić information content (AvgIpc) is 2.99. The summed E-state index contributed by atoms with van der Waals surface area (Å²) >= 11 is 0. The lowest BCUT2D eigenvalue weighted by Gasteiger charge is -2.30. The van der Waals surface area contributed by atoms with Crippen molar-refractivity contribution in [3.63, 3.8) is 0 Å². The molecular weight excluding hydrogens is 447 g/mol. The summed E-state index contributed by atoms with van der Waals surface area (Å²) in [4.78, 5) is 37.4. The third kappa shape index (κ3) is 4.73. The molecule has 1 aromatic heterocycles. The van der Waals surface area contributed by atoms with E-state index in [1.54, 1.807) is 16.2 Å². The third-order valence-corrected chi connectivity index (χ3v) is 8.25. The molecule has 2 atom stereocenters. The number of nitrogens with zero attached hydrogens (tertiary/aromatic N) is 2. The van der Waals surface area contributed by atoms with Crippen LogP contribution in [-0.4, -0.2) is 39.7 Å². The van der Waals surface area contributed by atoms with Crippen LogP contribution in [0, 0.1) is 0 Å². The van der Waals surface area contributed by atoms with Gasteiger partial charge in [0.15, 0.2) is 0 Å². The minimum Gasteiger partial charge on any atom is -0.316 e. The smallest absolute Gasteiger partial charge is 0.316 e. The number of hydrogen-bond acceptors (Lipinski definition) is 4. The zero-order chi connectivity index (χ0) is 24.6. The molecule has 1 aliphatic carbocycles. The van der Waals surface area contributed by atoms with E-state index in [-0.39, 0.29) is 23.9 Å². The lowest BCUT2D eigenvalue weighted by atomic mass is 9.86.